The van der Waals surface area contributed by atoms with Crippen LogP contribution in [0.4, 0.5) is 14.9 Å². The summed E-state index contributed by atoms with van der Waals surface area (Å²) in [5.74, 6) is 0.383. The quantitative estimate of drug-likeness (QED) is 0.345. The molecule has 0 spiro atoms. The number of carbonyl (C=O) groups excluding carboxylic acids is 1. The number of hydrogen-bond donors (Lipinski definition) is 1. The maximum absolute atomic E-state index is 13.6. The van der Waals surface area contributed by atoms with E-state index in [-0.39, 0.29) is 17.7 Å². The summed E-state index contributed by atoms with van der Waals surface area (Å²) in [5.41, 5.74) is 3.54. The Bertz CT molecular complexity index is 1350. The van der Waals surface area contributed by atoms with Crippen LogP contribution in [0.15, 0.2) is 94.0 Å². The van der Waals surface area contributed by atoms with Crippen molar-refractivity contribution in [2.75, 3.05) is 11.2 Å². The number of thioether (sulfide) groups is 1. The molecule has 0 aliphatic carbocycles. The van der Waals surface area contributed by atoms with Gasteiger partial charge in [-0.15, -0.1) is 11.8 Å². The minimum absolute atomic E-state index is 0.289. The summed E-state index contributed by atoms with van der Waals surface area (Å²) in [6, 6.07) is 22.3. The number of anilines is 1. The van der Waals surface area contributed by atoms with E-state index in [9.17, 15) is 9.18 Å². The van der Waals surface area contributed by atoms with E-state index in [2.05, 4.69) is 15.5 Å². The molecular weight excluding hydrogens is 451 g/mol. The van der Waals surface area contributed by atoms with Crippen LogP contribution in [0.5, 0.6) is 0 Å². The highest BCUT2D eigenvalue weighted by molar-refractivity contribution is 7.98. The van der Waals surface area contributed by atoms with Crippen molar-refractivity contribution >= 4 is 29.1 Å². The Balaban J connectivity index is 1.62. The van der Waals surface area contributed by atoms with Crippen molar-refractivity contribution in [3.05, 3.63) is 102 Å². The van der Waals surface area contributed by atoms with Crippen LogP contribution < -0.4 is 10.2 Å². The van der Waals surface area contributed by atoms with Gasteiger partial charge in [0, 0.05) is 16.2 Å². The number of nitrogens with zero attached hydrogens (tertiary/aromatic N) is 3. The molecule has 0 radical (unpaired) electrons. The van der Waals surface area contributed by atoms with E-state index in [1.807, 2.05) is 67.8 Å². The maximum Gasteiger partial charge on any atom is 0.326 e. The Labute approximate surface area is 200 Å². The summed E-state index contributed by atoms with van der Waals surface area (Å²) >= 11 is 1.65. The minimum atomic E-state index is -0.583. The van der Waals surface area contributed by atoms with Crippen LogP contribution in [0.3, 0.4) is 0 Å². The molecular formula is C26H21FN4O2S. The monoisotopic (exact) mass is 472 g/mol. The lowest BCUT2D eigenvalue weighted by molar-refractivity contribution is 0.244. The van der Waals surface area contributed by atoms with E-state index in [1.54, 1.807) is 28.8 Å². The van der Waals surface area contributed by atoms with Gasteiger partial charge in [-0.3, -0.25) is 4.90 Å². The lowest BCUT2D eigenvalue weighted by Gasteiger charge is -2.35. The first-order chi connectivity index (χ1) is 16.5. The average Bonchev–Trinajstić information content (AvgIpc) is 3.34. The van der Waals surface area contributed by atoms with Crippen molar-refractivity contribution in [2.24, 2.45) is 0 Å². The van der Waals surface area contributed by atoms with Gasteiger partial charge in [0.1, 0.15) is 5.82 Å². The van der Waals surface area contributed by atoms with E-state index >= 15 is 0 Å². The van der Waals surface area contributed by atoms with Crippen LogP contribution in [-0.2, 0) is 0 Å². The highest BCUT2D eigenvalue weighted by atomic mass is 32.2. The molecule has 6 nitrogen and oxygen atoms in total. The molecule has 1 N–H and O–H groups in total. The molecule has 34 heavy (non-hydrogen) atoms. The topological polar surface area (TPSA) is 71.3 Å². The highest BCUT2D eigenvalue weighted by Crippen LogP contribution is 2.39. The molecule has 0 saturated carbocycles. The van der Waals surface area contributed by atoms with Crippen LogP contribution in [-0.4, -0.2) is 22.4 Å². The molecule has 0 fully saturated rings. The van der Waals surface area contributed by atoms with Gasteiger partial charge >= 0.3 is 6.03 Å². The van der Waals surface area contributed by atoms with Crippen molar-refractivity contribution in [1.29, 1.82) is 0 Å². The number of para-hydroxylation sites is 1. The average molecular weight is 473 g/mol. The first kappa shape index (κ1) is 21.9. The number of nitrogens with one attached hydrogen (secondary N) is 1. The van der Waals surface area contributed by atoms with Crippen molar-refractivity contribution < 1.29 is 13.7 Å². The van der Waals surface area contributed by atoms with Crippen molar-refractivity contribution in [1.82, 2.24) is 15.5 Å². The van der Waals surface area contributed by atoms with E-state index in [4.69, 9.17) is 4.52 Å². The second-order valence-electron chi connectivity index (χ2n) is 7.76. The fourth-order valence-electron chi connectivity index (χ4n) is 4.00. The zero-order valence-electron chi connectivity index (χ0n) is 18.5. The molecule has 1 aromatic heterocycles. The Hall–Kier alpha value is -3.91. The van der Waals surface area contributed by atoms with Crippen LogP contribution in [0.2, 0.25) is 0 Å². The number of urea groups is 1. The molecule has 8 heteroatoms. The fourth-order valence-corrected chi connectivity index (χ4v) is 4.41. The Kier molecular flexibility index (Phi) is 5.90. The molecule has 1 unspecified atom stereocenters. The zero-order chi connectivity index (χ0) is 23.7. The SMILES string of the molecule is CSc1ccc(-c2noc(C3=C(C)N(c4ccccc4)C(=O)NC3c3ccc(F)cc3)n2)cc1. The first-order valence-electron chi connectivity index (χ1n) is 10.7. The van der Waals surface area contributed by atoms with E-state index < -0.39 is 6.04 Å². The Morgan fingerprint density at radius 3 is 2.38 bits per heavy atom. The number of carbonyl (C=O) groups is 1. The molecule has 5 rings (SSSR count). The number of rotatable bonds is 5. The summed E-state index contributed by atoms with van der Waals surface area (Å²) in [7, 11) is 0. The number of hydrogen-bond acceptors (Lipinski definition) is 5. The van der Waals surface area contributed by atoms with Crippen molar-refractivity contribution in [3.63, 3.8) is 0 Å². The third kappa shape index (κ3) is 4.08. The van der Waals surface area contributed by atoms with E-state index in [0.717, 1.165) is 10.5 Å². The van der Waals surface area contributed by atoms with Gasteiger partial charge in [-0.25, -0.2) is 9.18 Å². The number of benzene rings is 3. The molecule has 0 saturated heterocycles. The second-order valence-corrected chi connectivity index (χ2v) is 8.64. The smallest absolute Gasteiger partial charge is 0.326 e. The van der Waals surface area contributed by atoms with Crippen LogP contribution in [0.25, 0.3) is 17.0 Å². The maximum atomic E-state index is 13.6. The van der Waals surface area contributed by atoms with E-state index in [1.165, 1.54) is 12.1 Å². The van der Waals surface area contributed by atoms with Gasteiger partial charge < -0.3 is 9.84 Å². The van der Waals surface area contributed by atoms with Gasteiger partial charge in [-0.1, -0.05) is 35.5 Å². The third-order valence-electron chi connectivity index (χ3n) is 5.71. The predicted octanol–water partition coefficient (Wildman–Crippen LogP) is 6.30. The van der Waals surface area contributed by atoms with Crippen molar-refractivity contribution in [3.8, 4) is 11.4 Å². The van der Waals surface area contributed by atoms with Crippen LogP contribution in [0, 0.1) is 5.82 Å². The highest BCUT2D eigenvalue weighted by Gasteiger charge is 2.36. The molecule has 1 aliphatic rings. The predicted molar refractivity (Wildman–Crippen MR) is 131 cm³/mol. The normalized spacial score (nSPS) is 16.0. The van der Waals surface area contributed by atoms with E-state index in [0.29, 0.717) is 28.3 Å². The lowest BCUT2D eigenvalue weighted by atomic mass is 9.94. The number of halogens is 1. The van der Waals surface area contributed by atoms with Gasteiger partial charge in [0.25, 0.3) is 5.89 Å². The van der Waals surface area contributed by atoms with Gasteiger partial charge in [0.05, 0.1) is 17.3 Å². The molecule has 4 aromatic rings. The Morgan fingerprint density at radius 2 is 1.71 bits per heavy atom. The van der Waals surface area contributed by atoms with Crippen LogP contribution >= 0.6 is 11.8 Å². The van der Waals surface area contributed by atoms with Gasteiger partial charge in [0.15, 0.2) is 0 Å². The summed E-state index contributed by atoms with van der Waals surface area (Å²) in [6.45, 7) is 1.84. The number of amides is 2. The zero-order valence-corrected chi connectivity index (χ0v) is 19.3. The second kappa shape index (κ2) is 9.15. The van der Waals surface area contributed by atoms with Gasteiger partial charge in [-0.05, 0) is 67.3 Å². The molecule has 170 valence electrons. The first-order valence-corrected chi connectivity index (χ1v) is 11.9. The molecule has 1 atom stereocenters. The van der Waals surface area contributed by atoms with Crippen LogP contribution in [0.1, 0.15) is 24.4 Å². The minimum Gasteiger partial charge on any atom is -0.334 e. The summed E-state index contributed by atoms with van der Waals surface area (Å²) in [6.07, 6.45) is 2.02. The largest absolute Gasteiger partial charge is 0.334 e. The molecule has 0 bridgehead atoms. The molecule has 2 amide bonds. The van der Waals surface area contributed by atoms with Gasteiger partial charge in [-0.2, -0.15) is 4.98 Å². The molecule has 3 aromatic carbocycles. The lowest BCUT2D eigenvalue weighted by Crippen LogP contribution is -2.46. The number of allylic oxidation sites excluding steroid dienone is 1. The summed E-state index contributed by atoms with van der Waals surface area (Å²) in [4.78, 5) is 20.5. The standard InChI is InChI=1S/C26H21FN4O2S/c1-16-22(25-29-24(30-33-25)18-10-14-21(34-2)15-11-18)23(17-8-12-19(27)13-9-17)28-26(32)31(16)20-6-4-3-5-7-20/h3-15,23H,1-2H3,(H,28,32). The van der Waals surface area contributed by atoms with Crippen molar-refractivity contribution in [2.45, 2.75) is 17.9 Å². The molecule has 1 aliphatic heterocycles. The van der Waals surface area contributed by atoms with Gasteiger partial charge in [0.2, 0.25) is 5.82 Å². The Morgan fingerprint density at radius 1 is 1.00 bits per heavy atom. The fraction of sp³-hybridized carbons (Fsp3) is 0.115. The molecule has 2 heterocycles. The third-order valence-corrected chi connectivity index (χ3v) is 6.45. The summed E-state index contributed by atoms with van der Waals surface area (Å²) < 4.78 is 19.3. The summed E-state index contributed by atoms with van der Waals surface area (Å²) in [5, 5.41) is 7.21. The number of aromatic nitrogens is 2.